The molecule has 0 bridgehead atoms. The minimum Gasteiger partial charge on any atom is -0.481 e. The van der Waals surface area contributed by atoms with Crippen LogP contribution in [-0.4, -0.2) is 57.5 Å². The van der Waals surface area contributed by atoms with Gasteiger partial charge in [-0.1, -0.05) is 0 Å². The summed E-state index contributed by atoms with van der Waals surface area (Å²) in [5, 5.41) is 8.56. The maximum absolute atomic E-state index is 12.2. The van der Waals surface area contributed by atoms with Crippen LogP contribution in [0.2, 0.25) is 0 Å². The molecular weight excluding hydrogens is 360 g/mol. The van der Waals surface area contributed by atoms with Crippen LogP contribution in [0.15, 0.2) is 18.5 Å². The third kappa shape index (κ3) is 5.33. The third-order valence-electron chi connectivity index (χ3n) is 3.70. The lowest BCUT2D eigenvalue weighted by Crippen LogP contribution is -2.32. The molecule has 2 heterocycles. The number of carboxylic acid groups (broad SMARTS) is 1. The highest BCUT2D eigenvalue weighted by Crippen LogP contribution is 2.22. The quantitative estimate of drug-likeness (QED) is 0.374. The van der Waals surface area contributed by atoms with E-state index in [1.54, 1.807) is 0 Å². The molecule has 0 fully saturated rings. The number of aliphatic carboxylic acids is 1. The Kier molecular flexibility index (Phi) is 6.58. The Morgan fingerprint density at radius 3 is 2.48 bits per heavy atom. The zero-order valence-corrected chi connectivity index (χ0v) is 14.5. The Morgan fingerprint density at radius 2 is 1.85 bits per heavy atom. The average molecular weight is 378 g/mol. The van der Waals surface area contributed by atoms with E-state index in [2.05, 4.69) is 4.98 Å². The van der Waals surface area contributed by atoms with E-state index in [0.29, 0.717) is 0 Å². The minimum absolute atomic E-state index is 0.0385. The Morgan fingerprint density at radius 1 is 1.15 bits per heavy atom. The topological polar surface area (TPSA) is 140 Å². The Balaban J connectivity index is 1.89. The van der Waals surface area contributed by atoms with Crippen molar-refractivity contribution in [1.82, 2.24) is 9.88 Å². The number of hydrogen-bond acceptors (Lipinski definition) is 8. The van der Waals surface area contributed by atoms with Gasteiger partial charge in [0.05, 0.1) is 24.0 Å². The molecule has 0 aromatic carbocycles. The number of rotatable bonds is 9. The van der Waals surface area contributed by atoms with Gasteiger partial charge in [-0.05, 0) is 12.5 Å². The molecule has 0 radical (unpaired) electrons. The van der Waals surface area contributed by atoms with Crippen molar-refractivity contribution in [2.45, 2.75) is 38.9 Å². The van der Waals surface area contributed by atoms with E-state index in [1.165, 1.54) is 18.5 Å². The van der Waals surface area contributed by atoms with Crippen molar-refractivity contribution in [2.24, 2.45) is 0 Å². The maximum atomic E-state index is 12.2. The standard InChI is InChI=1S/C17H18N2O8/c1-10(20)26-15(27-14(23)5-4-13(21)22)3-2-8-19-16(24)11-6-7-18-9-12(11)17(19)25/h6-7,9,15H,2-5,8H2,1H3,(H,21,22). The first kappa shape index (κ1) is 20.0. The second kappa shape index (κ2) is 8.88. The Bertz CT molecular complexity index is 741. The van der Waals surface area contributed by atoms with Crippen molar-refractivity contribution in [1.29, 1.82) is 0 Å². The van der Waals surface area contributed by atoms with Gasteiger partial charge in [-0.15, -0.1) is 0 Å². The van der Waals surface area contributed by atoms with Crippen LogP contribution in [0.3, 0.4) is 0 Å². The molecule has 1 N–H and O–H groups in total. The molecule has 1 atom stereocenters. The highest BCUT2D eigenvalue weighted by molar-refractivity contribution is 6.21. The van der Waals surface area contributed by atoms with Gasteiger partial charge in [0.25, 0.3) is 11.8 Å². The molecule has 0 saturated heterocycles. The van der Waals surface area contributed by atoms with Crippen LogP contribution in [0.1, 0.15) is 53.3 Å². The predicted molar refractivity (Wildman–Crippen MR) is 87.4 cm³/mol. The van der Waals surface area contributed by atoms with Gasteiger partial charge in [0.1, 0.15) is 0 Å². The van der Waals surface area contributed by atoms with E-state index in [-0.39, 0.29) is 36.9 Å². The first-order valence-electron chi connectivity index (χ1n) is 8.18. The monoisotopic (exact) mass is 378 g/mol. The molecule has 1 aromatic rings. The molecule has 10 nitrogen and oxygen atoms in total. The second-order valence-electron chi connectivity index (χ2n) is 5.75. The SMILES string of the molecule is CC(=O)OC(CCCN1C(=O)c2ccncc2C1=O)OC(=O)CCC(=O)O. The summed E-state index contributed by atoms with van der Waals surface area (Å²) in [4.78, 5) is 62.6. The molecule has 1 aliphatic rings. The van der Waals surface area contributed by atoms with Crippen molar-refractivity contribution in [3.8, 4) is 0 Å². The normalized spacial score (nSPS) is 13.9. The minimum atomic E-state index is -1.22. The van der Waals surface area contributed by atoms with Gasteiger partial charge >= 0.3 is 17.9 Å². The van der Waals surface area contributed by atoms with E-state index in [1.807, 2.05) is 0 Å². The molecule has 144 valence electrons. The molecule has 27 heavy (non-hydrogen) atoms. The molecule has 0 spiro atoms. The van der Waals surface area contributed by atoms with Crippen molar-refractivity contribution >= 4 is 29.7 Å². The fraction of sp³-hybridized carbons (Fsp3) is 0.412. The number of pyridine rings is 1. The van der Waals surface area contributed by atoms with Gasteiger partial charge < -0.3 is 14.6 Å². The number of carbonyl (C=O) groups excluding carboxylic acids is 4. The number of fused-ring (bicyclic) bond motifs is 1. The summed E-state index contributed by atoms with van der Waals surface area (Å²) in [7, 11) is 0. The molecule has 2 amide bonds. The molecular formula is C17H18N2O8. The average Bonchev–Trinajstić information content (AvgIpc) is 2.84. The maximum Gasteiger partial charge on any atom is 0.309 e. The third-order valence-corrected chi connectivity index (χ3v) is 3.70. The summed E-state index contributed by atoms with van der Waals surface area (Å²) in [5.41, 5.74) is 0.491. The fourth-order valence-electron chi connectivity index (χ4n) is 2.50. The number of amides is 2. The van der Waals surface area contributed by atoms with Crippen molar-refractivity contribution < 1.29 is 38.6 Å². The van der Waals surface area contributed by atoms with Crippen LogP contribution in [0.5, 0.6) is 0 Å². The van der Waals surface area contributed by atoms with Crippen LogP contribution in [0.25, 0.3) is 0 Å². The van der Waals surface area contributed by atoms with Crippen LogP contribution in [-0.2, 0) is 23.9 Å². The smallest absolute Gasteiger partial charge is 0.309 e. The summed E-state index contributed by atoms with van der Waals surface area (Å²) in [6.45, 7) is 1.17. The lowest BCUT2D eigenvalue weighted by molar-refractivity contribution is -0.188. The van der Waals surface area contributed by atoms with Gasteiger partial charge in [-0.25, -0.2) is 0 Å². The van der Waals surface area contributed by atoms with Gasteiger partial charge in [0, 0.05) is 32.3 Å². The molecule has 1 aliphatic heterocycles. The lowest BCUT2D eigenvalue weighted by atomic mass is 10.2. The van der Waals surface area contributed by atoms with Crippen LogP contribution < -0.4 is 0 Å². The highest BCUT2D eigenvalue weighted by atomic mass is 16.7. The summed E-state index contributed by atoms with van der Waals surface area (Å²) in [6.07, 6.45) is 1.00. The number of aromatic nitrogens is 1. The summed E-state index contributed by atoms with van der Waals surface area (Å²) >= 11 is 0. The number of nitrogens with zero attached hydrogens (tertiary/aromatic N) is 2. The number of carboxylic acids is 1. The molecule has 0 aliphatic carbocycles. The molecule has 2 rings (SSSR count). The van der Waals surface area contributed by atoms with E-state index in [9.17, 15) is 24.0 Å². The van der Waals surface area contributed by atoms with Crippen molar-refractivity contribution in [2.75, 3.05) is 6.54 Å². The van der Waals surface area contributed by atoms with Gasteiger partial charge in [-0.2, -0.15) is 0 Å². The predicted octanol–water partition coefficient (Wildman–Crippen LogP) is 0.755. The first-order chi connectivity index (χ1) is 12.8. The number of ether oxygens (including phenoxy) is 2. The van der Waals surface area contributed by atoms with Crippen LogP contribution in [0.4, 0.5) is 0 Å². The Labute approximate surface area is 154 Å². The number of esters is 2. The second-order valence-corrected chi connectivity index (χ2v) is 5.75. The summed E-state index contributed by atoms with van der Waals surface area (Å²) < 4.78 is 9.83. The van der Waals surface area contributed by atoms with E-state index in [0.717, 1.165) is 11.8 Å². The zero-order chi connectivity index (χ0) is 20.0. The molecule has 10 heteroatoms. The number of hydrogen-bond donors (Lipinski definition) is 1. The molecule has 0 saturated carbocycles. The largest absolute Gasteiger partial charge is 0.481 e. The van der Waals surface area contributed by atoms with Crippen LogP contribution in [0, 0.1) is 0 Å². The van der Waals surface area contributed by atoms with Gasteiger partial charge in [0.15, 0.2) is 0 Å². The number of carbonyl (C=O) groups is 5. The highest BCUT2D eigenvalue weighted by Gasteiger charge is 2.35. The first-order valence-corrected chi connectivity index (χ1v) is 8.18. The van der Waals surface area contributed by atoms with Gasteiger partial charge in [-0.3, -0.25) is 33.9 Å². The number of imide groups is 1. The lowest BCUT2D eigenvalue weighted by Gasteiger charge is -2.19. The van der Waals surface area contributed by atoms with Gasteiger partial charge in [0.2, 0.25) is 6.29 Å². The van der Waals surface area contributed by atoms with E-state index < -0.39 is 42.4 Å². The molecule has 1 aromatic heterocycles. The fourth-order valence-corrected chi connectivity index (χ4v) is 2.50. The summed E-state index contributed by atoms with van der Waals surface area (Å²) in [6, 6.07) is 1.46. The summed E-state index contributed by atoms with van der Waals surface area (Å²) in [5.74, 6) is -3.57. The van der Waals surface area contributed by atoms with Crippen molar-refractivity contribution in [3.63, 3.8) is 0 Å². The molecule has 1 unspecified atom stereocenters. The van der Waals surface area contributed by atoms with E-state index in [4.69, 9.17) is 14.6 Å². The van der Waals surface area contributed by atoms with Crippen molar-refractivity contribution in [3.05, 3.63) is 29.6 Å². The Hall–Kier alpha value is -3.30. The van der Waals surface area contributed by atoms with Crippen LogP contribution >= 0.6 is 0 Å². The zero-order valence-electron chi connectivity index (χ0n) is 14.5. The van der Waals surface area contributed by atoms with E-state index >= 15 is 0 Å².